The molecule has 0 atom stereocenters. The highest BCUT2D eigenvalue weighted by atomic mass is 32.1. The molecule has 0 aliphatic carbocycles. The van der Waals surface area contributed by atoms with Gasteiger partial charge in [-0.2, -0.15) is 0 Å². The molecule has 0 saturated carbocycles. The molecule has 106 valence electrons. The molecule has 1 aromatic carbocycles. The predicted octanol–water partition coefficient (Wildman–Crippen LogP) is 3.01. The van der Waals surface area contributed by atoms with E-state index in [-0.39, 0.29) is 6.42 Å². The van der Waals surface area contributed by atoms with Crippen molar-refractivity contribution in [2.75, 3.05) is 6.61 Å². The minimum Gasteiger partial charge on any atom is -0.493 e. The van der Waals surface area contributed by atoms with Crippen LogP contribution in [0.3, 0.4) is 0 Å². The number of hydrogen-bond donors (Lipinski definition) is 1. The van der Waals surface area contributed by atoms with Gasteiger partial charge in [0.1, 0.15) is 5.75 Å². The second-order valence-electron chi connectivity index (χ2n) is 4.66. The fraction of sp³-hybridized carbons (Fsp3) is 0.333. The molecule has 1 heterocycles. The smallest absolute Gasteiger partial charge is 0.308 e. The SMILES string of the molecule is Cc1ccc(OCCc2ncc(CC(=O)O)s2)c(C)c1. The lowest BCUT2D eigenvalue weighted by molar-refractivity contribution is -0.136. The molecule has 1 aromatic heterocycles. The molecular formula is C15H17NO3S. The van der Waals surface area contributed by atoms with Crippen LogP contribution in [0.25, 0.3) is 0 Å². The first-order valence-corrected chi connectivity index (χ1v) is 7.21. The Morgan fingerprint density at radius 3 is 2.90 bits per heavy atom. The number of carbonyl (C=O) groups is 1. The van der Waals surface area contributed by atoms with Crippen LogP contribution in [0.2, 0.25) is 0 Å². The van der Waals surface area contributed by atoms with Gasteiger partial charge in [-0.1, -0.05) is 17.7 Å². The van der Waals surface area contributed by atoms with Gasteiger partial charge in [-0.15, -0.1) is 11.3 Å². The van der Waals surface area contributed by atoms with Crippen molar-refractivity contribution in [3.8, 4) is 5.75 Å². The number of carboxylic acids is 1. The van der Waals surface area contributed by atoms with Crippen molar-refractivity contribution in [2.45, 2.75) is 26.7 Å². The van der Waals surface area contributed by atoms with Gasteiger partial charge in [-0.3, -0.25) is 4.79 Å². The van der Waals surface area contributed by atoms with E-state index in [1.54, 1.807) is 6.20 Å². The second kappa shape index (κ2) is 6.52. The van der Waals surface area contributed by atoms with Gasteiger partial charge in [-0.05, 0) is 25.5 Å². The van der Waals surface area contributed by atoms with Crippen molar-refractivity contribution in [2.24, 2.45) is 0 Å². The highest BCUT2D eigenvalue weighted by Crippen LogP contribution is 2.19. The number of aliphatic carboxylic acids is 1. The number of rotatable bonds is 6. The minimum absolute atomic E-state index is 0.0373. The number of aryl methyl sites for hydroxylation is 2. The van der Waals surface area contributed by atoms with Crippen molar-refractivity contribution in [1.29, 1.82) is 0 Å². The third-order valence-corrected chi connectivity index (χ3v) is 3.89. The van der Waals surface area contributed by atoms with E-state index >= 15 is 0 Å². The molecule has 20 heavy (non-hydrogen) atoms. The van der Waals surface area contributed by atoms with Crippen molar-refractivity contribution in [3.63, 3.8) is 0 Å². The summed E-state index contributed by atoms with van der Waals surface area (Å²) in [5.41, 5.74) is 2.34. The summed E-state index contributed by atoms with van der Waals surface area (Å²) in [6.07, 6.45) is 2.36. The number of hydrogen-bond acceptors (Lipinski definition) is 4. The number of benzene rings is 1. The summed E-state index contributed by atoms with van der Waals surface area (Å²) < 4.78 is 5.74. The Kier molecular flexibility index (Phi) is 4.74. The second-order valence-corrected chi connectivity index (χ2v) is 5.86. The number of ether oxygens (including phenoxy) is 1. The van der Waals surface area contributed by atoms with Crippen LogP contribution in [0.4, 0.5) is 0 Å². The molecule has 0 aliphatic heterocycles. The molecule has 0 saturated heterocycles. The Morgan fingerprint density at radius 2 is 2.20 bits per heavy atom. The van der Waals surface area contributed by atoms with Gasteiger partial charge in [-0.25, -0.2) is 4.98 Å². The lowest BCUT2D eigenvalue weighted by atomic mass is 10.1. The van der Waals surface area contributed by atoms with Crippen LogP contribution >= 0.6 is 11.3 Å². The summed E-state index contributed by atoms with van der Waals surface area (Å²) in [5, 5.41) is 9.62. The zero-order valence-corrected chi connectivity index (χ0v) is 12.4. The van der Waals surface area contributed by atoms with E-state index in [2.05, 4.69) is 18.0 Å². The Labute approximate surface area is 122 Å². The number of nitrogens with zero attached hydrogens (tertiary/aromatic N) is 1. The Hall–Kier alpha value is -1.88. The third-order valence-electron chi connectivity index (χ3n) is 2.83. The summed E-state index contributed by atoms with van der Waals surface area (Å²) in [6, 6.07) is 6.09. The van der Waals surface area contributed by atoms with Crippen LogP contribution in [-0.2, 0) is 17.6 Å². The van der Waals surface area contributed by atoms with Crippen LogP contribution in [0, 0.1) is 13.8 Å². The number of thiazole rings is 1. The average Bonchev–Trinajstić information content (AvgIpc) is 2.79. The zero-order chi connectivity index (χ0) is 14.5. The fourth-order valence-corrected chi connectivity index (χ4v) is 2.80. The van der Waals surface area contributed by atoms with Crippen LogP contribution in [0.5, 0.6) is 5.75 Å². The fourth-order valence-electron chi connectivity index (χ4n) is 1.90. The first kappa shape index (κ1) is 14.5. The first-order chi connectivity index (χ1) is 9.54. The Morgan fingerprint density at radius 1 is 1.40 bits per heavy atom. The van der Waals surface area contributed by atoms with Gasteiger partial charge < -0.3 is 9.84 Å². The monoisotopic (exact) mass is 291 g/mol. The minimum atomic E-state index is -0.827. The molecule has 0 bridgehead atoms. The van der Waals surface area contributed by atoms with Gasteiger partial charge in [0.05, 0.1) is 18.0 Å². The molecule has 5 heteroatoms. The molecule has 0 unspecified atom stereocenters. The van der Waals surface area contributed by atoms with E-state index in [0.29, 0.717) is 13.0 Å². The highest BCUT2D eigenvalue weighted by molar-refractivity contribution is 7.11. The standard InChI is InChI=1S/C15H17NO3S/c1-10-3-4-13(11(2)7-10)19-6-5-14-16-9-12(20-14)8-15(17)18/h3-4,7,9H,5-6,8H2,1-2H3,(H,17,18). The molecule has 0 aliphatic rings. The molecule has 2 rings (SSSR count). The van der Waals surface area contributed by atoms with E-state index in [9.17, 15) is 4.79 Å². The maximum atomic E-state index is 10.6. The van der Waals surface area contributed by atoms with Crippen molar-refractivity contribution in [3.05, 3.63) is 45.4 Å². The van der Waals surface area contributed by atoms with Gasteiger partial charge in [0.15, 0.2) is 0 Å². The lowest BCUT2D eigenvalue weighted by Crippen LogP contribution is -2.02. The van der Waals surface area contributed by atoms with E-state index in [1.807, 2.05) is 19.1 Å². The van der Waals surface area contributed by atoms with Gasteiger partial charge >= 0.3 is 5.97 Å². The summed E-state index contributed by atoms with van der Waals surface area (Å²) >= 11 is 1.43. The Balaban J connectivity index is 1.86. The number of aromatic nitrogens is 1. The predicted molar refractivity (Wildman–Crippen MR) is 78.6 cm³/mol. The maximum absolute atomic E-state index is 10.6. The van der Waals surface area contributed by atoms with Crippen molar-refractivity contribution >= 4 is 17.3 Å². The van der Waals surface area contributed by atoms with E-state index in [1.165, 1.54) is 16.9 Å². The summed E-state index contributed by atoms with van der Waals surface area (Å²) in [5.74, 6) is 0.0599. The molecule has 0 fully saturated rings. The molecule has 4 nitrogen and oxygen atoms in total. The maximum Gasteiger partial charge on any atom is 0.308 e. The van der Waals surface area contributed by atoms with Gasteiger partial charge in [0.25, 0.3) is 0 Å². The zero-order valence-electron chi connectivity index (χ0n) is 11.5. The van der Waals surface area contributed by atoms with Gasteiger partial charge in [0.2, 0.25) is 0 Å². The van der Waals surface area contributed by atoms with E-state index in [4.69, 9.17) is 9.84 Å². The molecule has 1 N–H and O–H groups in total. The first-order valence-electron chi connectivity index (χ1n) is 6.40. The molecular weight excluding hydrogens is 274 g/mol. The highest BCUT2D eigenvalue weighted by Gasteiger charge is 2.06. The van der Waals surface area contributed by atoms with Crippen molar-refractivity contribution < 1.29 is 14.6 Å². The summed E-state index contributed by atoms with van der Waals surface area (Å²) in [6.45, 7) is 4.62. The van der Waals surface area contributed by atoms with Crippen LogP contribution < -0.4 is 4.74 Å². The molecule has 0 radical (unpaired) electrons. The average molecular weight is 291 g/mol. The van der Waals surface area contributed by atoms with Crippen LogP contribution in [0.15, 0.2) is 24.4 Å². The molecule has 0 amide bonds. The van der Waals surface area contributed by atoms with Crippen LogP contribution in [0.1, 0.15) is 21.0 Å². The molecule has 0 spiro atoms. The quantitative estimate of drug-likeness (QED) is 0.888. The Bertz CT molecular complexity index is 607. The van der Waals surface area contributed by atoms with E-state index < -0.39 is 5.97 Å². The normalized spacial score (nSPS) is 10.5. The largest absolute Gasteiger partial charge is 0.493 e. The van der Waals surface area contributed by atoms with E-state index in [0.717, 1.165) is 21.2 Å². The molecule has 2 aromatic rings. The number of carboxylic acid groups (broad SMARTS) is 1. The van der Waals surface area contributed by atoms with Crippen LogP contribution in [-0.4, -0.2) is 22.7 Å². The van der Waals surface area contributed by atoms with Gasteiger partial charge in [0, 0.05) is 17.5 Å². The van der Waals surface area contributed by atoms with Crippen molar-refractivity contribution in [1.82, 2.24) is 4.98 Å². The summed E-state index contributed by atoms with van der Waals surface area (Å²) in [4.78, 5) is 15.6. The topological polar surface area (TPSA) is 59.4 Å². The third kappa shape index (κ3) is 4.06. The lowest BCUT2D eigenvalue weighted by Gasteiger charge is -2.08. The summed E-state index contributed by atoms with van der Waals surface area (Å²) in [7, 11) is 0.